The molecule has 1 fully saturated rings. The van der Waals surface area contributed by atoms with E-state index in [-0.39, 0.29) is 16.9 Å². The zero-order valence-corrected chi connectivity index (χ0v) is 7.44. The van der Waals surface area contributed by atoms with Crippen molar-refractivity contribution in [2.45, 2.75) is 18.9 Å². The van der Waals surface area contributed by atoms with Crippen LogP contribution in [0.3, 0.4) is 0 Å². The number of hydrogen-bond acceptors (Lipinski definition) is 1. The molecule has 1 nitrogen and oxygen atoms in total. The monoisotopic (exact) mass is 204 g/mol. The molecule has 1 aromatic carbocycles. The lowest BCUT2D eigenvalue weighted by Gasteiger charge is -2.05. The topological polar surface area (TPSA) is 9.23 Å². The van der Waals surface area contributed by atoms with Gasteiger partial charge < -0.3 is 4.74 Å². The van der Waals surface area contributed by atoms with Crippen molar-refractivity contribution in [2.75, 3.05) is 0 Å². The van der Waals surface area contributed by atoms with Gasteiger partial charge in [-0.2, -0.15) is 0 Å². The van der Waals surface area contributed by atoms with Crippen LogP contribution in [0.2, 0.25) is 5.02 Å². The first-order chi connectivity index (χ1) is 6.16. The average Bonchev–Trinajstić information content (AvgIpc) is 2.84. The Hall–Kier alpha value is -0.830. The Morgan fingerprint density at radius 3 is 2.54 bits per heavy atom. The van der Waals surface area contributed by atoms with E-state index in [0.29, 0.717) is 0 Å². The van der Waals surface area contributed by atoms with Crippen LogP contribution in [0, 0.1) is 11.6 Å². The number of halogens is 3. The van der Waals surface area contributed by atoms with Crippen LogP contribution >= 0.6 is 11.6 Å². The number of ether oxygens (including phenoxy) is 1. The fourth-order valence-corrected chi connectivity index (χ4v) is 1.11. The first-order valence-electron chi connectivity index (χ1n) is 3.98. The van der Waals surface area contributed by atoms with Crippen molar-refractivity contribution in [2.24, 2.45) is 0 Å². The first-order valence-corrected chi connectivity index (χ1v) is 4.36. The second-order valence-corrected chi connectivity index (χ2v) is 3.42. The van der Waals surface area contributed by atoms with Crippen molar-refractivity contribution in [1.29, 1.82) is 0 Å². The highest BCUT2D eigenvalue weighted by atomic mass is 35.5. The van der Waals surface area contributed by atoms with E-state index < -0.39 is 11.6 Å². The van der Waals surface area contributed by atoms with E-state index in [4.69, 9.17) is 16.3 Å². The van der Waals surface area contributed by atoms with Gasteiger partial charge in [-0.25, -0.2) is 8.78 Å². The molecule has 0 atom stereocenters. The van der Waals surface area contributed by atoms with Crippen LogP contribution in [0.5, 0.6) is 5.75 Å². The van der Waals surface area contributed by atoms with Crippen LogP contribution in [0.25, 0.3) is 0 Å². The van der Waals surface area contributed by atoms with E-state index >= 15 is 0 Å². The summed E-state index contributed by atoms with van der Waals surface area (Å²) in [7, 11) is 0. The first kappa shape index (κ1) is 8.75. The predicted molar refractivity (Wildman–Crippen MR) is 45.0 cm³/mol. The summed E-state index contributed by atoms with van der Waals surface area (Å²) in [5, 5.41) is -0.114. The van der Waals surface area contributed by atoms with Gasteiger partial charge in [0.25, 0.3) is 0 Å². The molecule has 1 saturated carbocycles. The normalized spacial score (nSPS) is 15.9. The summed E-state index contributed by atoms with van der Waals surface area (Å²) < 4.78 is 30.8. The van der Waals surface area contributed by atoms with Gasteiger partial charge in [0.1, 0.15) is 5.82 Å². The highest BCUT2D eigenvalue weighted by Crippen LogP contribution is 2.31. The summed E-state index contributed by atoms with van der Waals surface area (Å²) in [6, 6.07) is 1.91. The summed E-state index contributed by atoms with van der Waals surface area (Å²) in [5.41, 5.74) is 0. The molecule has 0 saturated heterocycles. The van der Waals surface area contributed by atoms with Gasteiger partial charge in [0.2, 0.25) is 0 Å². The molecular formula is C9H7ClF2O. The van der Waals surface area contributed by atoms with Gasteiger partial charge in [0.05, 0.1) is 11.1 Å². The van der Waals surface area contributed by atoms with Crippen molar-refractivity contribution in [3.8, 4) is 5.75 Å². The van der Waals surface area contributed by atoms with Gasteiger partial charge in [0.15, 0.2) is 11.6 Å². The van der Waals surface area contributed by atoms with Crippen molar-refractivity contribution in [3.05, 3.63) is 28.8 Å². The maximum Gasteiger partial charge on any atom is 0.168 e. The van der Waals surface area contributed by atoms with Gasteiger partial charge in [-0.1, -0.05) is 11.6 Å². The third kappa shape index (κ3) is 1.91. The molecule has 0 bridgehead atoms. The Morgan fingerprint density at radius 2 is 1.92 bits per heavy atom. The predicted octanol–water partition coefficient (Wildman–Crippen LogP) is 3.16. The highest BCUT2D eigenvalue weighted by Gasteiger charge is 2.25. The lowest BCUT2D eigenvalue weighted by molar-refractivity contribution is 0.286. The third-order valence-electron chi connectivity index (χ3n) is 1.79. The van der Waals surface area contributed by atoms with Gasteiger partial charge >= 0.3 is 0 Å². The zero-order valence-electron chi connectivity index (χ0n) is 6.69. The smallest absolute Gasteiger partial charge is 0.168 e. The van der Waals surface area contributed by atoms with Gasteiger partial charge in [-0.15, -0.1) is 0 Å². The molecule has 0 N–H and O–H groups in total. The highest BCUT2D eigenvalue weighted by molar-refractivity contribution is 6.30. The van der Waals surface area contributed by atoms with Gasteiger partial charge in [0, 0.05) is 12.1 Å². The van der Waals surface area contributed by atoms with Crippen LogP contribution < -0.4 is 4.74 Å². The minimum absolute atomic E-state index is 0.0360. The number of hydrogen-bond donors (Lipinski definition) is 0. The molecule has 2 rings (SSSR count). The minimum atomic E-state index is -0.762. The SMILES string of the molecule is Fc1cc(F)c(OC2CC2)cc1Cl. The molecule has 0 heterocycles. The van der Waals surface area contributed by atoms with E-state index in [9.17, 15) is 8.78 Å². The summed E-state index contributed by atoms with van der Waals surface area (Å²) >= 11 is 5.47. The third-order valence-corrected chi connectivity index (χ3v) is 2.08. The summed E-state index contributed by atoms with van der Waals surface area (Å²) in [6.07, 6.45) is 1.93. The van der Waals surface area contributed by atoms with E-state index in [0.717, 1.165) is 18.9 Å². The second kappa shape index (κ2) is 3.14. The van der Waals surface area contributed by atoms with E-state index in [1.807, 2.05) is 0 Å². The van der Waals surface area contributed by atoms with Crippen LogP contribution in [0.15, 0.2) is 12.1 Å². The largest absolute Gasteiger partial charge is 0.487 e. The molecular weight excluding hydrogens is 198 g/mol. The van der Waals surface area contributed by atoms with Crippen LogP contribution in [0.1, 0.15) is 12.8 Å². The summed E-state index contributed by atoms with van der Waals surface area (Å²) in [5.74, 6) is -1.43. The van der Waals surface area contributed by atoms with E-state index in [2.05, 4.69) is 0 Å². The molecule has 0 aliphatic heterocycles. The molecule has 0 aromatic heterocycles. The molecule has 1 aliphatic carbocycles. The Labute approximate surface area is 79.3 Å². The van der Waals surface area contributed by atoms with Crippen molar-refractivity contribution < 1.29 is 13.5 Å². The molecule has 70 valence electrons. The minimum Gasteiger partial charge on any atom is -0.487 e. The van der Waals surface area contributed by atoms with Crippen molar-refractivity contribution >= 4 is 11.6 Å². The van der Waals surface area contributed by atoms with Crippen molar-refractivity contribution in [3.63, 3.8) is 0 Å². The Balaban J connectivity index is 2.27. The number of rotatable bonds is 2. The van der Waals surface area contributed by atoms with Crippen LogP contribution in [-0.2, 0) is 0 Å². The molecule has 0 amide bonds. The molecule has 13 heavy (non-hydrogen) atoms. The zero-order chi connectivity index (χ0) is 9.42. The summed E-state index contributed by atoms with van der Waals surface area (Å²) in [6.45, 7) is 0. The van der Waals surface area contributed by atoms with Crippen LogP contribution in [0.4, 0.5) is 8.78 Å². The van der Waals surface area contributed by atoms with Gasteiger partial charge in [-0.3, -0.25) is 0 Å². The average molecular weight is 205 g/mol. The van der Waals surface area contributed by atoms with Crippen molar-refractivity contribution in [1.82, 2.24) is 0 Å². The molecule has 0 unspecified atom stereocenters. The maximum atomic E-state index is 13.0. The summed E-state index contributed by atoms with van der Waals surface area (Å²) in [4.78, 5) is 0. The lowest BCUT2D eigenvalue weighted by atomic mass is 10.3. The fraction of sp³-hybridized carbons (Fsp3) is 0.333. The Morgan fingerprint density at radius 1 is 1.23 bits per heavy atom. The van der Waals surface area contributed by atoms with Crippen LogP contribution in [-0.4, -0.2) is 6.10 Å². The number of benzene rings is 1. The molecule has 4 heteroatoms. The van der Waals surface area contributed by atoms with Gasteiger partial charge in [-0.05, 0) is 12.8 Å². The second-order valence-electron chi connectivity index (χ2n) is 3.01. The fourth-order valence-electron chi connectivity index (χ4n) is 0.960. The molecule has 0 radical (unpaired) electrons. The van der Waals surface area contributed by atoms with E-state index in [1.54, 1.807) is 0 Å². The van der Waals surface area contributed by atoms with E-state index in [1.165, 1.54) is 6.07 Å². The quantitative estimate of drug-likeness (QED) is 0.673. The lowest BCUT2D eigenvalue weighted by Crippen LogP contribution is -1.98. The Kier molecular flexibility index (Phi) is 2.12. The molecule has 1 aromatic rings. The molecule has 0 spiro atoms. The standard InChI is InChI=1S/C9H7ClF2O/c10-6-3-9(13-5-1-2-5)8(12)4-7(6)11/h3-5H,1-2H2. The maximum absolute atomic E-state index is 13.0. The molecule has 1 aliphatic rings. The Bertz CT molecular complexity index is 337.